The molecular formula is C15H20ClNO3. The van der Waals surface area contributed by atoms with Crippen LogP contribution < -0.4 is 5.32 Å². The van der Waals surface area contributed by atoms with Gasteiger partial charge in [0.15, 0.2) is 0 Å². The number of hydrogen-bond donors (Lipinski definition) is 1. The third kappa shape index (κ3) is 5.49. The molecule has 5 heteroatoms. The summed E-state index contributed by atoms with van der Waals surface area (Å²) >= 11 is 5.88. The van der Waals surface area contributed by atoms with Crippen molar-refractivity contribution < 1.29 is 14.3 Å². The molecule has 0 radical (unpaired) electrons. The summed E-state index contributed by atoms with van der Waals surface area (Å²) in [6.07, 6.45) is 3.46. The average Bonchev–Trinajstić information content (AvgIpc) is 2.46. The second-order valence-corrected chi connectivity index (χ2v) is 5.35. The van der Waals surface area contributed by atoms with Crippen molar-refractivity contribution in [3.8, 4) is 0 Å². The van der Waals surface area contributed by atoms with Gasteiger partial charge in [0.1, 0.15) is 6.61 Å². The van der Waals surface area contributed by atoms with E-state index in [9.17, 15) is 4.79 Å². The summed E-state index contributed by atoms with van der Waals surface area (Å²) in [5.74, 6) is -0.124. The fourth-order valence-electron chi connectivity index (χ4n) is 2.12. The molecule has 0 saturated carbocycles. The molecule has 1 aromatic carbocycles. The van der Waals surface area contributed by atoms with Crippen molar-refractivity contribution in [1.82, 2.24) is 5.32 Å². The van der Waals surface area contributed by atoms with E-state index in [1.807, 2.05) is 18.2 Å². The summed E-state index contributed by atoms with van der Waals surface area (Å²) in [6, 6.07) is 7.42. The van der Waals surface area contributed by atoms with Crippen LogP contribution in [0.25, 0.3) is 0 Å². The first kappa shape index (κ1) is 15.3. The first-order valence-corrected chi connectivity index (χ1v) is 7.32. The van der Waals surface area contributed by atoms with Crippen LogP contribution >= 0.6 is 11.6 Å². The van der Waals surface area contributed by atoms with Crippen molar-refractivity contribution in [2.24, 2.45) is 0 Å². The molecule has 0 spiro atoms. The lowest BCUT2D eigenvalue weighted by Crippen LogP contribution is -2.30. The molecule has 1 N–H and O–H groups in total. The maximum absolute atomic E-state index is 11.6. The molecule has 1 fully saturated rings. The van der Waals surface area contributed by atoms with E-state index in [4.69, 9.17) is 21.1 Å². The van der Waals surface area contributed by atoms with Crippen LogP contribution in [0.1, 0.15) is 24.8 Å². The Hall–Kier alpha value is -1.10. The Morgan fingerprint density at radius 3 is 3.10 bits per heavy atom. The van der Waals surface area contributed by atoms with Crippen LogP contribution in [0, 0.1) is 0 Å². The molecule has 1 saturated heterocycles. The van der Waals surface area contributed by atoms with Crippen LogP contribution in [-0.4, -0.2) is 31.8 Å². The molecule has 4 nitrogen and oxygen atoms in total. The minimum Gasteiger partial charge on any atom is -0.376 e. The third-order valence-electron chi connectivity index (χ3n) is 3.19. The lowest BCUT2D eigenvalue weighted by atomic mass is 10.1. The van der Waals surface area contributed by atoms with Gasteiger partial charge < -0.3 is 14.8 Å². The number of benzene rings is 1. The van der Waals surface area contributed by atoms with Crippen LogP contribution in [0.15, 0.2) is 24.3 Å². The molecule has 1 amide bonds. The minimum absolute atomic E-state index is 0.0699. The predicted octanol–water partition coefficient (Wildman–Crippen LogP) is 2.54. The summed E-state index contributed by atoms with van der Waals surface area (Å²) < 4.78 is 10.9. The van der Waals surface area contributed by atoms with Crippen LogP contribution in [0.5, 0.6) is 0 Å². The van der Waals surface area contributed by atoms with Gasteiger partial charge in [-0.05, 0) is 37.0 Å². The second-order valence-electron chi connectivity index (χ2n) is 4.91. The van der Waals surface area contributed by atoms with Gasteiger partial charge in [-0.15, -0.1) is 0 Å². The number of hydrogen-bond acceptors (Lipinski definition) is 3. The van der Waals surface area contributed by atoms with E-state index in [1.165, 1.54) is 6.42 Å². The fourth-order valence-corrected chi connectivity index (χ4v) is 2.33. The van der Waals surface area contributed by atoms with Gasteiger partial charge in [0.05, 0.1) is 12.7 Å². The number of nitrogens with one attached hydrogen (secondary N) is 1. The van der Waals surface area contributed by atoms with E-state index >= 15 is 0 Å². The summed E-state index contributed by atoms with van der Waals surface area (Å²) in [6.45, 7) is 1.82. The topological polar surface area (TPSA) is 47.6 Å². The van der Waals surface area contributed by atoms with Gasteiger partial charge in [0, 0.05) is 18.2 Å². The van der Waals surface area contributed by atoms with Crippen LogP contribution in [0.3, 0.4) is 0 Å². The zero-order valence-corrected chi connectivity index (χ0v) is 12.2. The van der Waals surface area contributed by atoms with Gasteiger partial charge in [-0.2, -0.15) is 0 Å². The van der Waals surface area contributed by atoms with Crippen molar-refractivity contribution in [2.45, 2.75) is 31.9 Å². The highest BCUT2D eigenvalue weighted by Crippen LogP contribution is 2.12. The number of halogens is 1. The smallest absolute Gasteiger partial charge is 0.246 e. The molecule has 1 atom stereocenters. The Balaban J connectivity index is 1.60. The summed E-state index contributed by atoms with van der Waals surface area (Å²) in [5.41, 5.74) is 0.974. The number of carbonyl (C=O) groups excluding carboxylic acids is 1. The highest BCUT2D eigenvalue weighted by atomic mass is 35.5. The normalized spacial score (nSPS) is 18.8. The Morgan fingerprint density at radius 2 is 2.35 bits per heavy atom. The quantitative estimate of drug-likeness (QED) is 0.878. The number of carbonyl (C=O) groups is 1. The number of ether oxygens (including phenoxy) is 2. The lowest BCUT2D eigenvalue weighted by molar-refractivity contribution is -0.128. The Labute approximate surface area is 124 Å². The van der Waals surface area contributed by atoms with E-state index in [2.05, 4.69) is 5.32 Å². The molecule has 2 rings (SSSR count). The summed E-state index contributed by atoms with van der Waals surface area (Å²) in [4.78, 5) is 11.6. The zero-order valence-electron chi connectivity index (χ0n) is 11.4. The molecule has 1 aromatic rings. The molecule has 0 bridgehead atoms. The number of amides is 1. The molecule has 110 valence electrons. The van der Waals surface area contributed by atoms with Crippen molar-refractivity contribution in [3.63, 3.8) is 0 Å². The highest BCUT2D eigenvalue weighted by molar-refractivity contribution is 6.30. The molecular weight excluding hydrogens is 278 g/mol. The maximum Gasteiger partial charge on any atom is 0.246 e. The van der Waals surface area contributed by atoms with Crippen LogP contribution in [0.4, 0.5) is 0 Å². The molecule has 0 aromatic heterocycles. The van der Waals surface area contributed by atoms with E-state index in [0.29, 0.717) is 18.2 Å². The molecule has 0 aliphatic carbocycles. The Kier molecular flexibility index (Phi) is 6.30. The standard InChI is InChI=1S/C15H20ClNO3/c16-13-5-3-4-12(8-13)9-17-15(18)11-19-10-14-6-1-2-7-20-14/h3-5,8,14H,1-2,6-7,9-11H2,(H,17,18). The fraction of sp³-hybridized carbons (Fsp3) is 0.533. The van der Waals surface area contributed by atoms with E-state index < -0.39 is 0 Å². The monoisotopic (exact) mass is 297 g/mol. The van der Waals surface area contributed by atoms with Crippen molar-refractivity contribution in [1.29, 1.82) is 0 Å². The molecule has 1 heterocycles. The lowest BCUT2D eigenvalue weighted by Gasteiger charge is -2.22. The Morgan fingerprint density at radius 1 is 1.45 bits per heavy atom. The van der Waals surface area contributed by atoms with Gasteiger partial charge in [-0.1, -0.05) is 23.7 Å². The average molecular weight is 298 g/mol. The highest BCUT2D eigenvalue weighted by Gasteiger charge is 2.14. The van der Waals surface area contributed by atoms with Crippen LogP contribution in [-0.2, 0) is 20.8 Å². The SMILES string of the molecule is O=C(COCC1CCCCO1)NCc1cccc(Cl)c1. The molecule has 1 aliphatic rings. The largest absolute Gasteiger partial charge is 0.376 e. The first-order valence-electron chi connectivity index (χ1n) is 6.94. The van der Waals surface area contributed by atoms with E-state index in [1.54, 1.807) is 6.07 Å². The maximum atomic E-state index is 11.6. The minimum atomic E-state index is -0.124. The van der Waals surface area contributed by atoms with Crippen molar-refractivity contribution >= 4 is 17.5 Å². The Bertz CT molecular complexity index is 433. The molecule has 1 aliphatic heterocycles. The predicted molar refractivity (Wildman–Crippen MR) is 77.7 cm³/mol. The molecule has 1 unspecified atom stereocenters. The third-order valence-corrected chi connectivity index (χ3v) is 3.42. The van der Waals surface area contributed by atoms with Gasteiger partial charge in [-0.25, -0.2) is 0 Å². The van der Waals surface area contributed by atoms with E-state index in [-0.39, 0.29) is 18.6 Å². The van der Waals surface area contributed by atoms with Gasteiger partial charge in [-0.3, -0.25) is 4.79 Å². The number of rotatable bonds is 6. The summed E-state index contributed by atoms with van der Waals surface area (Å²) in [7, 11) is 0. The van der Waals surface area contributed by atoms with Gasteiger partial charge >= 0.3 is 0 Å². The summed E-state index contributed by atoms with van der Waals surface area (Å²) in [5, 5.41) is 3.47. The molecule has 20 heavy (non-hydrogen) atoms. The van der Waals surface area contributed by atoms with Crippen LogP contribution in [0.2, 0.25) is 5.02 Å². The second kappa shape index (κ2) is 8.25. The van der Waals surface area contributed by atoms with Crippen molar-refractivity contribution in [2.75, 3.05) is 19.8 Å². The first-order chi connectivity index (χ1) is 9.74. The van der Waals surface area contributed by atoms with Gasteiger partial charge in [0.25, 0.3) is 0 Å². The van der Waals surface area contributed by atoms with Crippen molar-refractivity contribution in [3.05, 3.63) is 34.9 Å². The van der Waals surface area contributed by atoms with E-state index in [0.717, 1.165) is 25.0 Å². The zero-order chi connectivity index (χ0) is 14.2. The van der Waals surface area contributed by atoms with Gasteiger partial charge in [0.2, 0.25) is 5.91 Å².